The van der Waals surface area contributed by atoms with Crippen molar-refractivity contribution in [2.24, 2.45) is 0 Å². The summed E-state index contributed by atoms with van der Waals surface area (Å²) < 4.78 is 5.12. The van der Waals surface area contributed by atoms with Gasteiger partial charge in [-0.3, -0.25) is 4.79 Å². The molecule has 0 spiro atoms. The predicted octanol–water partition coefficient (Wildman–Crippen LogP) is 3.66. The Kier molecular flexibility index (Phi) is 5.88. The van der Waals surface area contributed by atoms with E-state index < -0.39 is 0 Å². The molecule has 0 saturated heterocycles. The predicted molar refractivity (Wildman–Crippen MR) is 95.8 cm³/mol. The number of carbonyl (C=O) groups excluding carboxylic acids is 1. The smallest absolute Gasteiger partial charge is 0.228 e. The summed E-state index contributed by atoms with van der Waals surface area (Å²) in [6.45, 7) is 1.02. The molecule has 2 aromatic rings. The first-order valence-corrected chi connectivity index (χ1v) is 7.54. The Labute approximate surface area is 142 Å². The minimum absolute atomic E-state index is 0. The highest BCUT2D eigenvalue weighted by Gasteiger charge is 2.10. The summed E-state index contributed by atoms with van der Waals surface area (Å²) in [7, 11) is 1.63. The zero-order valence-electron chi connectivity index (χ0n) is 13.1. The highest BCUT2D eigenvalue weighted by Crippen LogP contribution is 2.25. The highest BCUT2D eigenvalue weighted by molar-refractivity contribution is 5.92. The zero-order chi connectivity index (χ0) is 15.4. The van der Waals surface area contributed by atoms with E-state index in [0.29, 0.717) is 6.42 Å². The fourth-order valence-electron chi connectivity index (χ4n) is 2.69. The first-order valence-electron chi connectivity index (χ1n) is 7.54. The molecule has 1 heterocycles. The van der Waals surface area contributed by atoms with Crippen molar-refractivity contribution >= 4 is 29.7 Å². The van der Waals surface area contributed by atoms with Crippen LogP contribution >= 0.6 is 12.4 Å². The van der Waals surface area contributed by atoms with Crippen molar-refractivity contribution in [3.8, 4) is 5.75 Å². The number of carbonyl (C=O) groups is 1. The van der Waals surface area contributed by atoms with Crippen LogP contribution in [0.5, 0.6) is 5.75 Å². The number of rotatable bonds is 4. The van der Waals surface area contributed by atoms with Crippen molar-refractivity contribution in [1.82, 2.24) is 0 Å². The van der Waals surface area contributed by atoms with Gasteiger partial charge in [-0.1, -0.05) is 12.1 Å². The molecule has 0 radical (unpaired) electrons. The monoisotopic (exact) mass is 332 g/mol. The van der Waals surface area contributed by atoms with Crippen LogP contribution in [-0.2, 0) is 17.6 Å². The summed E-state index contributed by atoms with van der Waals surface area (Å²) in [6, 6.07) is 13.6. The molecule has 0 unspecified atom stereocenters. The molecule has 1 aliphatic rings. The third-order valence-electron chi connectivity index (χ3n) is 3.85. The summed E-state index contributed by atoms with van der Waals surface area (Å²) in [5.41, 5.74) is 4.28. The second-order valence-corrected chi connectivity index (χ2v) is 5.48. The van der Waals surface area contributed by atoms with Gasteiger partial charge in [0.05, 0.1) is 13.5 Å². The molecule has 23 heavy (non-hydrogen) atoms. The summed E-state index contributed by atoms with van der Waals surface area (Å²) in [5, 5.41) is 6.34. The number of halogens is 1. The van der Waals surface area contributed by atoms with Gasteiger partial charge < -0.3 is 15.4 Å². The van der Waals surface area contributed by atoms with Crippen LogP contribution in [0.25, 0.3) is 0 Å². The van der Waals surface area contributed by atoms with Crippen LogP contribution < -0.4 is 15.4 Å². The van der Waals surface area contributed by atoms with Crippen LogP contribution in [0.15, 0.2) is 42.5 Å². The Morgan fingerprint density at radius 2 is 2.00 bits per heavy atom. The van der Waals surface area contributed by atoms with Crippen LogP contribution in [-0.4, -0.2) is 19.6 Å². The summed E-state index contributed by atoms with van der Waals surface area (Å²) in [6.07, 6.45) is 2.56. The van der Waals surface area contributed by atoms with Gasteiger partial charge in [-0.2, -0.15) is 0 Å². The molecule has 1 aliphatic heterocycles. The normalized spacial score (nSPS) is 12.4. The van der Waals surface area contributed by atoms with Gasteiger partial charge in [0.15, 0.2) is 0 Å². The topological polar surface area (TPSA) is 50.4 Å². The molecule has 0 fully saturated rings. The fourth-order valence-corrected chi connectivity index (χ4v) is 2.69. The number of ether oxygens (including phenoxy) is 1. The number of fused-ring (bicyclic) bond motifs is 1. The van der Waals surface area contributed by atoms with E-state index in [1.165, 1.54) is 11.3 Å². The van der Waals surface area contributed by atoms with E-state index in [9.17, 15) is 4.79 Å². The number of hydrogen-bond donors (Lipinski definition) is 2. The quantitative estimate of drug-likeness (QED) is 0.898. The van der Waals surface area contributed by atoms with Gasteiger partial charge in [-0.25, -0.2) is 0 Å². The number of aryl methyl sites for hydroxylation is 1. The zero-order valence-corrected chi connectivity index (χ0v) is 13.9. The van der Waals surface area contributed by atoms with Crippen LogP contribution in [0, 0.1) is 0 Å². The minimum Gasteiger partial charge on any atom is -0.497 e. The van der Waals surface area contributed by atoms with Gasteiger partial charge >= 0.3 is 0 Å². The van der Waals surface area contributed by atoms with E-state index in [2.05, 4.69) is 16.7 Å². The lowest BCUT2D eigenvalue weighted by Gasteiger charge is -2.18. The lowest BCUT2D eigenvalue weighted by Crippen LogP contribution is -2.16. The van der Waals surface area contributed by atoms with E-state index in [1.807, 2.05) is 36.4 Å². The second-order valence-electron chi connectivity index (χ2n) is 5.48. The number of hydrogen-bond acceptors (Lipinski definition) is 3. The Morgan fingerprint density at radius 1 is 1.22 bits per heavy atom. The Morgan fingerprint density at radius 3 is 2.74 bits per heavy atom. The van der Waals surface area contributed by atoms with Gasteiger partial charge in [0.25, 0.3) is 0 Å². The Balaban J connectivity index is 0.00000192. The van der Waals surface area contributed by atoms with Crippen LogP contribution in [0.4, 0.5) is 11.4 Å². The summed E-state index contributed by atoms with van der Waals surface area (Å²) in [4.78, 5) is 12.1. The van der Waals surface area contributed by atoms with E-state index in [1.54, 1.807) is 7.11 Å². The SMILES string of the molecule is COc1ccc(CC(=O)Nc2ccc3c(c2)CCCN3)cc1.Cl. The molecule has 0 saturated carbocycles. The fraction of sp³-hybridized carbons (Fsp3) is 0.278. The standard InChI is InChI=1S/C18H20N2O2.ClH/c1-22-16-7-4-13(5-8-16)11-18(21)20-15-6-9-17-14(12-15)3-2-10-19-17;/h4-9,12,19H,2-3,10-11H2,1H3,(H,20,21);1H. The number of nitrogens with one attached hydrogen (secondary N) is 2. The Hall–Kier alpha value is -2.20. The van der Waals surface area contributed by atoms with Crippen LogP contribution in [0.3, 0.4) is 0 Å². The minimum atomic E-state index is -0.00566. The van der Waals surface area contributed by atoms with Gasteiger partial charge in [0.2, 0.25) is 5.91 Å². The van der Waals surface area contributed by atoms with Gasteiger partial charge in [0.1, 0.15) is 5.75 Å². The maximum absolute atomic E-state index is 12.1. The lowest BCUT2D eigenvalue weighted by atomic mass is 10.0. The molecule has 0 aliphatic carbocycles. The van der Waals surface area contributed by atoms with Crippen molar-refractivity contribution in [2.45, 2.75) is 19.3 Å². The third kappa shape index (κ3) is 4.39. The van der Waals surface area contributed by atoms with Crippen molar-refractivity contribution in [2.75, 3.05) is 24.3 Å². The molecular weight excluding hydrogens is 312 g/mol. The number of benzene rings is 2. The maximum Gasteiger partial charge on any atom is 0.228 e. The largest absolute Gasteiger partial charge is 0.497 e. The van der Waals surface area contributed by atoms with Crippen molar-refractivity contribution in [3.05, 3.63) is 53.6 Å². The molecule has 122 valence electrons. The van der Waals surface area contributed by atoms with Gasteiger partial charge in [0, 0.05) is 17.9 Å². The number of methoxy groups -OCH3 is 1. The van der Waals surface area contributed by atoms with Crippen LogP contribution in [0.2, 0.25) is 0 Å². The van der Waals surface area contributed by atoms with Crippen molar-refractivity contribution < 1.29 is 9.53 Å². The molecule has 0 atom stereocenters. The lowest BCUT2D eigenvalue weighted by molar-refractivity contribution is -0.115. The van der Waals surface area contributed by atoms with E-state index in [0.717, 1.165) is 36.4 Å². The average Bonchev–Trinajstić information content (AvgIpc) is 2.55. The van der Waals surface area contributed by atoms with Gasteiger partial charge in [-0.05, 0) is 54.3 Å². The van der Waals surface area contributed by atoms with Crippen LogP contribution in [0.1, 0.15) is 17.5 Å². The molecular formula is C18H21ClN2O2. The van der Waals surface area contributed by atoms with E-state index in [-0.39, 0.29) is 18.3 Å². The van der Waals surface area contributed by atoms with Crippen molar-refractivity contribution in [1.29, 1.82) is 0 Å². The van der Waals surface area contributed by atoms with E-state index >= 15 is 0 Å². The van der Waals surface area contributed by atoms with E-state index in [4.69, 9.17) is 4.74 Å². The molecule has 0 bridgehead atoms. The molecule has 2 aromatic carbocycles. The molecule has 5 heteroatoms. The molecule has 1 amide bonds. The Bertz CT molecular complexity index is 671. The maximum atomic E-state index is 12.1. The summed E-state index contributed by atoms with van der Waals surface area (Å²) in [5.74, 6) is 0.792. The van der Waals surface area contributed by atoms with Crippen molar-refractivity contribution in [3.63, 3.8) is 0 Å². The third-order valence-corrected chi connectivity index (χ3v) is 3.85. The number of amides is 1. The first-order chi connectivity index (χ1) is 10.7. The second kappa shape index (κ2) is 7.88. The van der Waals surface area contributed by atoms with Gasteiger partial charge in [-0.15, -0.1) is 12.4 Å². The first kappa shape index (κ1) is 17.2. The number of anilines is 2. The highest BCUT2D eigenvalue weighted by atomic mass is 35.5. The average molecular weight is 333 g/mol. The summed E-state index contributed by atoms with van der Waals surface area (Å²) >= 11 is 0. The molecule has 0 aromatic heterocycles. The molecule has 3 rings (SSSR count). The molecule has 2 N–H and O–H groups in total. The molecule has 4 nitrogen and oxygen atoms in total.